The number of allylic oxidation sites excluding steroid dienone is 1. The van der Waals surface area contributed by atoms with Gasteiger partial charge in [0.25, 0.3) is 5.91 Å². The zero-order chi connectivity index (χ0) is 27.7. The Balaban J connectivity index is 1.68. The molecule has 0 saturated heterocycles. The molecule has 0 aromatic heterocycles. The molecule has 0 aliphatic carbocycles. The number of carbonyl (C=O) groups is 3. The first kappa shape index (κ1) is 28.1. The fourth-order valence-corrected chi connectivity index (χ4v) is 3.89. The molecule has 2 aromatic carbocycles. The number of nitrogens with one attached hydrogen (secondary N) is 3. The fraction of sp³-hybridized carbons (Fsp3) is 0.269. The van der Waals surface area contributed by atoms with Crippen LogP contribution in [-0.2, 0) is 19.1 Å². The quantitative estimate of drug-likeness (QED) is 0.136. The average molecular weight is 541 g/mol. The molecule has 0 saturated carbocycles. The number of rotatable bonds is 10. The zero-order valence-electron chi connectivity index (χ0n) is 21.3. The van der Waals surface area contributed by atoms with Crippen molar-refractivity contribution in [1.29, 1.82) is 0 Å². The lowest BCUT2D eigenvalue weighted by Gasteiger charge is -2.30. The third-order valence-corrected chi connectivity index (χ3v) is 5.42. The maximum Gasteiger partial charge on any atom is 0.338 e. The van der Waals surface area contributed by atoms with Gasteiger partial charge in [-0.25, -0.2) is 10.2 Å². The topological polar surface area (TPSA) is 137 Å². The van der Waals surface area contributed by atoms with Crippen LogP contribution in [0.5, 0.6) is 17.2 Å². The van der Waals surface area contributed by atoms with Gasteiger partial charge in [-0.15, -0.1) is 0 Å². The number of amides is 1. The molecule has 11 nitrogen and oxygen atoms in total. The highest BCUT2D eigenvalue weighted by molar-refractivity contribution is 7.80. The van der Waals surface area contributed by atoms with Gasteiger partial charge < -0.3 is 29.6 Å². The highest BCUT2D eigenvalue weighted by Crippen LogP contribution is 2.33. The summed E-state index contributed by atoms with van der Waals surface area (Å²) in [7, 11) is 1.44. The van der Waals surface area contributed by atoms with Crippen molar-refractivity contribution >= 4 is 41.4 Å². The van der Waals surface area contributed by atoms with Gasteiger partial charge in [0.05, 0.1) is 31.5 Å². The highest BCUT2D eigenvalue weighted by Gasteiger charge is 2.32. The van der Waals surface area contributed by atoms with E-state index in [1.807, 2.05) is 0 Å². The molecule has 1 atom stereocenters. The predicted molar refractivity (Wildman–Crippen MR) is 143 cm³/mol. The van der Waals surface area contributed by atoms with Gasteiger partial charge in [-0.2, -0.15) is 5.10 Å². The SMILES string of the molecule is CCOC(=O)C1=C(C)NC(=S)N[C@@H]1c1ccccc1OCC(=O)NN=Cc1ccc(OC(C)=O)c(OC)c1. The smallest absolute Gasteiger partial charge is 0.338 e. The van der Waals surface area contributed by atoms with E-state index in [1.54, 1.807) is 56.3 Å². The molecule has 1 heterocycles. The molecule has 0 radical (unpaired) electrons. The summed E-state index contributed by atoms with van der Waals surface area (Å²) in [6.07, 6.45) is 1.41. The molecule has 3 N–H and O–H groups in total. The number of ether oxygens (including phenoxy) is 4. The molecule has 200 valence electrons. The van der Waals surface area contributed by atoms with E-state index < -0.39 is 23.9 Å². The van der Waals surface area contributed by atoms with Crippen LogP contribution >= 0.6 is 12.2 Å². The molecule has 1 aliphatic rings. The molecule has 0 unspecified atom stereocenters. The average Bonchev–Trinajstić information content (AvgIpc) is 2.87. The first-order chi connectivity index (χ1) is 18.2. The van der Waals surface area contributed by atoms with Gasteiger partial charge in [-0.05, 0) is 55.9 Å². The van der Waals surface area contributed by atoms with Crippen LogP contribution in [0.1, 0.15) is 37.9 Å². The summed E-state index contributed by atoms with van der Waals surface area (Å²) in [6, 6.07) is 11.2. The van der Waals surface area contributed by atoms with Crippen molar-refractivity contribution in [3.8, 4) is 17.2 Å². The maximum atomic E-state index is 12.7. The highest BCUT2D eigenvalue weighted by atomic mass is 32.1. The van der Waals surface area contributed by atoms with E-state index in [0.29, 0.717) is 39.0 Å². The standard InChI is InChI=1S/C26H28N4O7S/c1-5-35-25(33)23-15(2)28-26(38)29-24(23)18-8-6-7-9-19(18)36-14-22(32)30-27-13-17-10-11-20(37-16(3)31)21(12-17)34-4/h6-13,24H,5,14H2,1-4H3,(H,30,32)(H2,28,29,38)/t24-/m1/s1. The van der Waals surface area contributed by atoms with Crippen LogP contribution in [0.2, 0.25) is 0 Å². The number of methoxy groups -OCH3 is 1. The van der Waals surface area contributed by atoms with Crippen LogP contribution in [0.25, 0.3) is 0 Å². The fourth-order valence-electron chi connectivity index (χ4n) is 3.62. The van der Waals surface area contributed by atoms with Gasteiger partial charge in [0.15, 0.2) is 23.2 Å². The van der Waals surface area contributed by atoms with E-state index in [4.69, 9.17) is 31.2 Å². The molecule has 0 spiro atoms. The van der Waals surface area contributed by atoms with Crippen LogP contribution < -0.4 is 30.3 Å². The number of hydrogen-bond acceptors (Lipinski definition) is 9. The zero-order valence-corrected chi connectivity index (χ0v) is 22.1. The minimum absolute atomic E-state index is 0.217. The second kappa shape index (κ2) is 13.2. The lowest BCUT2D eigenvalue weighted by molar-refractivity contribution is -0.139. The molecule has 38 heavy (non-hydrogen) atoms. The number of thiocarbonyl (C=S) groups is 1. The van der Waals surface area contributed by atoms with Gasteiger partial charge in [-0.3, -0.25) is 9.59 Å². The van der Waals surface area contributed by atoms with Gasteiger partial charge in [-0.1, -0.05) is 18.2 Å². The van der Waals surface area contributed by atoms with Crippen LogP contribution in [0, 0.1) is 0 Å². The summed E-state index contributed by atoms with van der Waals surface area (Å²) in [5.74, 6) is -0.474. The Labute approximate surface area is 225 Å². The summed E-state index contributed by atoms with van der Waals surface area (Å²) >= 11 is 5.28. The van der Waals surface area contributed by atoms with Crippen molar-refractivity contribution in [2.24, 2.45) is 5.10 Å². The Kier molecular flexibility index (Phi) is 9.77. The normalized spacial score (nSPS) is 14.8. The van der Waals surface area contributed by atoms with Gasteiger partial charge in [0, 0.05) is 18.2 Å². The van der Waals surface area contributed by atoms with E-state index in [1.165, 1.54) is 20.2 Å². The summed E-state index contributed by atoms with van der Waals surface area (Å²) in [4.78, 5) is 36.2. The van der Waals surface area contributed by atoms with Crippen LogP contribution in [0.4, 0.5) is 0 Å². The van der Waals surface area contributed by atoms with Gasteiger partial charge in [0.2, 0.25) is 0 Å². The molecule has 0 fully saturated rings. The number of nitrogens with zero attached hydrogens (tertiary/aromatic N) is 1. The van der Waals surface area contributed by atoms with Crippen molar-refractivity contribution < 1.29 is 33.3 Å². The number of para-hydroxylation sites is 1. The second-order valence-electron chi connectivity index (χ2n) is 7.91. The molecule has 0 bridgehead atoms. The minimum atomic E-state index is -0.634. The second-order valence-corrected chi connectivity index (χ2v) is 8.32. The molecule has 12 heteroatoms. The minimum Gasteiger partial charge on any atom is -0.493 e. The number of carbonyl (C=O) groups excluding carboxylic acids is 3. The van der Waals surface area contributed by atoms with E-state index >= 15 is 0 Å². The van der Waals surface area contributed by atoms with Crippen molar-refractivity contribution in [3.05, 3.63) is 64.9 Å². The monoisotopic (exact) mass is 540 g/mol. The summed E-state index contributed by atoms with van der Waals surface area (Å²) in [5.41, 5.74) is 4.53. The van der Waals surface area contributed by atoms with E-state index in [-0.39, 0.29) is 19.0 Å². The van der Waals surface area contributed by atoms with Crippen molar-refractivity contribution in [1.82, 2.24) is 16.1 Å². The van der Waals surface area contributed by atoms with Gasteiger partial charge in [0.1, 0.15) is 5.75 Å². The van der Waals surface area contributed by atoms with Crippen molar-refractivity contribution in [3.63, 3.8) is 0 Å². The molecular formula is C26H28N4O7S. The van der Waals surface area contributed by atoms with Crippen LogP contribution in [0.3, 0.4) is 0 Å². The first-order valence-electron chi connectivity index (χ1n) is 11.6. The summed E-state index contributed by atoms with van der Waals surface area (Å²) < 4.78 is 21.3. The molecule has 2 aromatic rings. The number of hydrazone groups is 1. The van der Waals surface area contributed by atoms with E-state index in [9.17, 15) is 14.4 Å². The third kappa shape index (κ3) is 7.29. The lowest BCUT2D eigenvalue weighted by Crippen LogP contribution is -2.45. The Morgan fingerprint density at radius 3 is 2.61 bits per heavy atom. The largest absolute Gasteiger partial charge is 0.493 e. The summed E-state index contributed by atoms with van der Waals surface area (Å²) in [6.45, 7) is 4.63. The number of hydrogen-bond donors (Lipinski definition) is 3. The maximum absolute atomic E-state index is 12.7. The number of esters is 2. The molecule has 3 rings (SSSR count). The van der Waals surface area contributed by atoms with E-state index in [2.05, 4.69) is 21.2 Å². The number of benzene rings is 2. The first-order valence-corrected chi connectivity index (χ1v) is 12.0. The van der Waals surface area contributed by atoms with Gasteiger partial charge >= 0.3 is 11.9 Å². The third-order valence-electron chi connectivity index (χ3n) is 5.20. The van der Waals surface area contributed by atoms with Crippen molar-refractivity contribution in [2.75, 3.05) is 20.3 Å². The van der Waals surface area contributed by atoms with E-state index in [0.717, 1.165) is 0 Å². The van der Waals surface area contributed by atoms with Crippen molar-refractivity contribution in [2.45, 2.75) is 26.8 Å². The van der Waals surface area contributed by atoms with Crippen LogP contribution in [0.15, 0.2) is 58.8 Å². The molecular weight excluding hydrogens is 512 g/mol. The Morgan fingerprint density at radius 1 is 1.13 bits per heavy atom. The molecule has 1 aliphatic heterocycles. The Morgan fingerprint density at radius 2 is 1.89 bits per heavy atom. The summed E-state index contributed by atoms with van der Waals surface area (Å²) in [5, 5.41) is 10.3. The predicted octanol–water partition coefficient (Wildman–Crippen LogP) is 2.51. The Bertz CT molecular complexity index is 1290. The molecule has 1 amide bonds. The van der Waals surface area contributed by atoms with Crippen LogP contribution in [-0.4, -0.2) is 49.5 Å². The lowest BCUT2D eigenvalue weighted by atomic mass is 9.95. The Hall–Kier alpha value is -4.45.